The number of ether oxygens (including phenoxy) is 1. The maximum Gasteiger partial charge on any atom is 0.254 e. The number of carbonyl (C=O) groups is 1. The first-order chi connectivity index (χ1) is 9.83. The fourth-order valence-corrected chi connectivity index (χ4v) is 2.98. The molecular formula is C15H16N2O2S. The van der Waals surface area contributed by atoms with Gasteiger partial charge in [0.2, 0.25) is 0 Å². The van der Waals surface area contributed by atoms with Crippen LogP contribution in [0.4, 0.5) is 0 Å². The second-order valence-corrected chi connectivity index (χ2v) is 5.59. The van der Waals surface area contributed by atoms with Crippen LogP contribution in [0.25, 0.3) is 0 Å². The zero-order chi connectivity index (χ0) is 13.8. The van der Waals surface area contributed by atoms with Gasteiger partial charge in [-0.2, -0.15) is 11.3 Å². The van der Waals surface area contributed by atoms with Gasteiger partial charge in [-0.1, -0.05) is 0 Å². The number of piperidine rings is 1. The van der Waals surface area contributed by atoms with Gasteiger partial charge < -0.3 is 9.64 Å². The van der Waals surface area contributed by atoms with Crippen LogP contribution < -0.4 is 4.74 Å². The van der Waals surface area contributed by atoms with Crippen molar-refractivity contribution >= 4 is 17.2 Å². The van der Waals surface area contributed by atoms with Crippen molar-refractivity contribution in [3.63, 3.8) is 0 Å². The summed E-state index contributed by atoms with van der Waals surface area (Å²) >= 11 is 1.56. The van der Waals surface area contributed by atoms with Crippen molar-refractivity contribution in [2.75, 3.05) is 13.1 Å². The molecule has 1 fully saturated rings. The van der Waals surface area contributed by atoms with Crippen molar-refractivity contribution in [1.29, 1.82) is 0 Å². The van der Waals surface area contributed by atoms with Crippen LogP contribution in [0.5, 0.6) is 5.75 Å². The fraction of sp³-hybridized carbons (Fsp3) is 0.333. The Hall–Kier alpha value is -1.88. The number of amides is 1. The highest BCUT2D eigenvalue weighted by atomic mass is 32.1. The largest absolute Gasteiger partial charge is 0.489 e. The number of hydrogen-bond donors (Lipinski definition) is 0. The van der Waals surface area contributed by atoms with Gasteiger partial charge in [0.15, 0.2) is 0 Å². The molecule has 0 aliphatic carbocycles. The highest BCUT2D eigenvalue weighted by Crippen LogP contribution is 2.20. The third kappa shape index (κ3) is 2.99. The number of pyridine rings is 1. The summed E-state index contributed by atoms with van der Waals surface area (Å²) in [5.41, 5.74) is 0.793. The summed E-state index contributed by atoms with van der Waals surface area (Å²) in [4.78, 5) is 18.2. The molecule has 4 nitrogen and oxygen atoms in total. The standard InChI is InChI=1S/C15H16N2O2S/c18-15(12-5-9-20-11-12)17-7-3-13(4-8-17)19-14-2-1-6-16-10-14/h1-2,5-6,9-11,13H,3-4,7-8H2. The van der Waals surface area contributed by atoms with Crippen LogP contribution in [-0.4, -0.2) is 35.0 Å². The van der Waals surface area contributed by atoms with Crippen LogP contribution in [0.1, 0.15) is 23.2 Å². The fourth-order valence-electron chi connectivity index (χ4n) is 2.35. The van der Waals surface area contributed by atoms with E-state index in [1.165, 1.54) is 0 Å². The smallest absolute Gasteiger partial charge is 0.254 e. The van der Waals surface area contributed by atoms with Crippen molar-refractivity contribution in [2.24, 2.45) is 0 Å². The zero-order valence-corrected chi connectivity index (χ0v) is 11.9. The molecule has 104 valence electrons. The Morgan fingerprint density at radius 2 is 2.20 bits per heavy atom. The van der Waals surface area contributed by atoms with Gasteiger partial charge in [-0.05, 0) is 23.6 Å². The first-order valence-electron chi connectivity index (χ1n) is 6.71. The van der Waals surface area contributed by atoms with Crippen LogP contribution in [-0.2, 0) is 0 Å². The van der Waals surface area contributed by atoms with E-state index in [4.69, 9.17) is 4.74 Å². The van der Waals surface area contributed by atoms with Gasteiger partial charge in [0.1, 0.15) is 11.9 Å². The molecule has 1 aliphatic heterocycles. The van der Waals surface area contributed by atoms with Crippen molar-refractivity contribution in [3.05, 3.63) is 46.9 Å². The maximum atomic E-state index is 12.2. The summed E-state index contributed by atoms with van der Waals surface area (Å²) in [5.74, 6) is 0.932. The number of thiophene rings is 1. The number of carbonyl (C=O) groups excluding carboxylic acids is 1. The highest BCUT2D eigenvalue weighted by Gasteiger charge is 2.24. The highest BCUT2D eigenvalue weighted by molar-refractivity contribution is 7.08. The number of aromatic nitrogens is 1. The molecule has 1 saturated heterocycles. The first kappa shape index (κ1) is 13.1. The molecule has 2 aromatic heterocycles. The van der Waals surface area contributed by atoms with Gasteiger partial charge in [-0.25, -0.2) is 0 Å². The molecule has 0 atom stereocenters. The van der Waals surface area contributed by atoms with Crippen molar-refractivity contribution in [3.8, 4) is 5.75 Å². The third-order valence-electron chi connectivity index (χ3n) is 3.43. The molecule has 0 N–H and O–H groups in total. The van der Waals surface area contributed by atoms with Gasteiger partial charge in [0.05, 0.1) is 11.8 Å². The summed E-state index contributed by atoms with van der Waals surface area (Å²) in [6.45, 7) is 1.50. The minimum Gasteiger partial charge on any atom is -0.489 e. The SMILES string of the molecule is O=C(c1ccsc1)N1CCC(Oc2cccnc2)CC1. The van der Waals surface area contributed by atoms with E-state index in [1.807, 2.05) is 33.9 Å². The summed E-state index contributed by atoms with van der Waals surface area (Å²) in [7, 11) is 0. The Balaban J connectivity index is 1.53. The van der Waals surface area contributed by atoms with Crippen molar-refractivity contribution < 1.29 is 9.53 Å². The maximum absolute atomic E-state index is 12.2. The van der Waals surface area contributed by atoms with Gasteiger partial charge in [-0.15, -0.1) is 0 Å². The Morgan fingerprint density at radius 3 is 2.85 bits per heavy atom. The second kappa shape index (κ2) is 6.05. The van der Waals surface area contributed by atoms with E-state index < -0.39 is 0 Å². The van der Waals surface area contributed by atoms with E-state index >= 15 is 0 Å². The third-order valence-corrected chi connectivity index (χ3v) is 4.12. The topological polar surface area (TPSA) is 42.4 Å². The molecule has 0 unspecified atom stereocenters. The lowest BCUT2D eigenvalue weighted by Gasteiger charge is -2.32. The Labute approximate surface area is 122 Å². The van der Waals surface area contributed by atoms with Gasteiger partial charge in [-0.3, -0.25) is 9.78 Å². The van der Waals surface area contributed by atoms with E-state index in [2.05, 4.69) is 4.98 Å². The minimum absolute atomic E-state index is 0.131. The Bertz CT molecular complexity index is 549. The Morgan fingerprint density at radius 1 is 1.35 bits per heavy atom. The normalized spacial score (nSPS) is 16.1. The van der Waals surface area contributed by atoms with Crippen molar-refractivity contribution in [2.45, 2.75) is 18.9 Å². The van der Waals surface area contributed by atoms with E-state index in [1.54, 1.807) is 23.7 Å². The number of nitrogens with zero attached hydrogens (tertiary/aromatic N) is 2. The molecule has 0 bridgehead atoms. The number of likely N-dealkylation sites (tertiary alicyclic amines) is 1. The Kier molecular flexibility index (Phi) is 3.97. The molecule has 1 amide bonds. The molecule has 3 rings (SSSR count). The minimum atomic E-state index is 0.131. The lowest BCUT2D eigenvalue weighted by Crippen LogP contribution is -2.41. The van der Waals surface area contributed by atoms with E-state index in [0.29, 0.717) is 0 Å². The molecule has 0 saturated carbocycles. The van der Waals surface area contributed by atoms with E-state index in [0.717, 1.165) is 37.2 Å². The molecule has 0 radical (unpaired) electrons. The van der Waals surface area contributed by atoms with Crippen molar-refractivity contribution in [1.82, 2.24) is 9.88 Å². The van der Waals surface area contributed by atoms with Gasteiger partial charge >= 0.3 is 0 Å². The average Bonchev–Trinajstić information content (AvgIpc) is 3.03. The summed E-state index contributed by atoms with van der Waals surface area (Å²) in [5, 5.41) is 3.84. The molecule has 5 heteroatoms. The molecule has 0 spiro atoms. The van der Waals surface area contributed by atoms with Crippen LogP contribution >= 0.6 is 11.3 Å². The number of hydrogen-bond acceptors (Lipinski definition) is 4. The molecule has 0 aromatic carbocycles. The van der Waals surface area contributed by atoms with Gasteiger partial charge in [0, 0.05) is 37.5 Å². The zero-order valence-electron chi connectivity index (χ0n) is 11.1. The van der Waals surface area contributed by atoms with Crippen LogP contribution in [0.2, 0.25) is 0 Å². The number of rotatable bonds is 3. The lowest BCUT2D eigenvalue weighted by atomic mass is 10.1. The summed E-state index contributed by atoms with van der Waals surface area (Å²) in [6.07, 6.45) is 5.36. The molecular weight excluding hydrogens is 272 g/mol. The summed E-state index contributed by atoms with van der Waals surface area (Å²) in [6, 6.07) is 5.66. The van der Waals surface area contributed by atoms with Gasteiger partial charge in [0.25, 0.3) is 5.91 Å². The predicted octanol–water partition coefficient (Wildman–Crippen LogP) is 2.83. The van der Waals surface area contributed by atoms with Crippen LogP contribution in [0.15, 0.2) is 41.4 Å². The predicted molar refractivity (Wildman–Crippen MR) is 78.1 cm³/mol. The quantitative estimate of drug-likeness (QED) is 0.872. The lowest BCUT2D eigenvalue weighted by molar-refractivity contribution is 0.0595. The second-order valence-electron chi connectivity index (χ2n) is 4.81. The van der Waals surface area contributed by atoms with E-state index in [9.17, 15) is 4.79 Å². The molecule has 3 heterocycles. The van der Waals surface area contributed by atoms with Crippen LogP contribution in [0.3, 0.4) is 0 Å². The monoisotopic (exact) mass is 288 g/mol. The van der Waals surface area contributed by atoms with Crippen LogP contribution in [0, 0.1) is 0 Å². The van der Waals surface area contributed by atoms with E-state index in [-0.39, 0.29) is 12.0 Å². The molecule has 2 aromatic rings. The first-order valence-corrected chi connectivity index (χ1v) is 7.65. The molecule has 20 heavy (non-hydrogen) atoms. The summed E-state index contributed by atoms with van der Waals surface area (Å²) < 4.78 is 5.88. The molecule has 1 aliphatic rings. The average molecular weight is 288 g/mol.